The second-order valence-electron chi connectivity index (χ2n) is 4.67. The van der Waals surface area contributed by atoms with Crippen LogP contribution < -0.4 is 5.32 Å². The van der Waals surface area contributed by atoms with Crippen molar-refractivity contribution in [3.63, 3.8) is 0 Å². The monoisotopic (exact) mass is 290 g/mol. The maximum absolute atomic E-state index is 11.9. The Hall–Kier alpha value is -1.95. The molecule has 2 aromatic heterocycles. The van der Waals surface area contributed by atoms with E-state index in [2.05, 4.69) is 15.4 Å². The molecule has 0 aliphatic rings. The molecule has 2 rings (SSSR count). The van der Waals surface area contributed by atoms with Gasteiger partial charge in [-0.1, -0.05) is 12.2 Å². The predicted octanol–water partition coefficient (Wildman–Crippen LogP) is 2.38. The zero-order chi connectivity index (χ0) is 14.5. The van der Waals surface area contributed by atoms with Crippen molar-refractivity contribution in [2.75, 3.05) is 6.54 Å². The number of H-pyrrole nitrogens is 1. The van der Waals surface area contributed by atoms with Crippen LogP contribution in [0.3, 0.4) is 0 Å². The lowest BCUT2D eigenvalue weighted by molar-refractivity contribution is 0.0951. The minimum Gasteiger partial charge on any atom is -0.352 e. The van der Waals surface area contributed by atoms with Crippen LogP contribution in [-0.2, 0) is 6.54 Å². The fourth-order valence-electron chi connectivity index (χ4n) is 2.03. The van der Waals surface area contributed by atoms with Crippen molar-refractivity contribution in [1.82, 2.24) is 20.1 Å². The summed E-state index contributed by atoms with van der Waals surface area (Å²) in [6.45, 7) is 5.40. The molecule has 2 heterocycles. The lowest BCUT2D eigenvalue weighted by Gasteiger charge is -2.06. The smallest absolute Gasteiger partial charge is 0.254 e. The lowest BCUT2D eigenvalue weighted by Crippen LogP contribution is -2.25. The number of hydrogen-bond donors (Lipinski definition) is 2. The maximum atomic E-state index is 11.9. The molecule has 6 heteroatoms. The molecule has 0 radical (unpaired) electrons. The third-order valence-electron chi connectivity index (χ3n) is 3.00. The van der Waals surface area contributed by atoms with Gasteiger partial charge in [-0.15, -0.1) is 0 Å². The zero-order valence-electron chi connectivity index (χ0n) is 11.6. The summed E-state index contributed by atoms with van der Waals surface area (Å²) in [5, 5.41) is 7.25. The molecule has 0 unspecified atom stereocenters. The predicted molar refractivity (Wildman–Crippen MR) is 80.3 cm³/mol. The highest BCUT2D eigenvalue weighted by molar-refractivity contribution is 7.71. The van der Waals surface area contributed by atoms with Gasteiger partial charge in [-0.3, -0.25) is 9.48 Å². The number of amides is 1. The lowest BCUT2D eigenvalue weighted by atomic mass is 10.2. The molecule has 0 aromatic carbocycles. The van der Waals surface area contributed by atoms with E-state index in [0.717, 1.165) is 24.4 Å². The molecule has 0 aliphatic carbocycles. The van der Waals surface area contributed by atoms with Gasteiger partial charge in [0.1, 0.15) is 4.64 Å². The van der Waals surface area contributed by atoms with Crippen LogP contribution in [0.4, 0.5) is 0 Å². The number of carbonyl (C=O) groups excluding carboxylic acids is 1. The number of rotatable bonds is 5. The van der Waals surface area contributed by atoms with Gasteiger partial charge in [0, 0.05) is 25.0 Å². The molecule has 0 spiro atoms. The SMILES string of the molecule is Cc1cc(C)n(CCCNC(=O)c2ccc[nH]c2=S)n1. The highest BCUT2D eigenvalue weighted by atomic mass is 32.1. The average Bonchev–Trinajstić information content (AvgIpc) is 2.73. The Morgan fingerprint density at radius 1 is 1.50 bits per heavy atom. The van der Waals surface area contributed by atoms with Gasteiger partial charge >= 0.3 is 0 Å². The van der Waals surface area contributed by atoms with Crippen LogP contribution >= 0.6 is 12.2 Å². The number of nitrogens with zero attached hydrogens (tertiary/aromatic N) is 2. The Balaban J connectivity index is 1.82. The van der Waals surface area contributed by atoms with Crippen molar-refractivity contribution in [3.8, 4) is 0 Å². The zero-order valence-corrected chi connectivity index (χ0v) is 12.5. The molecule has 2 aromatic rings. The molecule has 0 atom stereocenters. The minimum absolute atomic E-state index is 0.139. The van der Waals surface area contributed by atoms with Crippen LogP contribution in [-0.4, -0.2) is 27.2 Å². The standard InChI is InChI=1S/C14H18N4OS/c1-10-9-11(2)18(17-10)8-4-7-15-13(19)12-5-3-6-16-14(12)20/h3,5-6,9H,4,7-8H2,1-2H3,(H,15,19)(H,16,20). The summed E-state index contributed by atoms with van der Waals surface area (Å²) >= 11 is 5.07. The third kappa shape index (κ3) is 3.54. The number of aromatic amines is 1. The Kier molecular flexibility index (Phi) is 4.68. The molecule has 0 saturated heterocycles. The average molecular weight is 290 g/mol. The van der Waals surface area contributed by atoms with Crippen LogP contribution in [0.1, 0.15) is 28.2 Å². The molecule has 0 aliphatic heterocycles. The first kappa shape index (κ1) is 14.5. The van der Waals surface area contributed by atoms with Crippen LogP contribution in [0.2, 0.25) is 0 Å². The largest absolute Gasteiger partial charge is 0.352 e. The fraction of sp³-hybridized carbons (Fsp3) is 0.357. The van der Waals surface area contributed by atoms with E-state index >= 15 is 0 Å². The van der Waals surface area contributed by atoms with Gasteiger partial charge in [-0.25, -0.2) is 0 Å². The number of aryl methyl sites for hydroxylation is 3. The molecule has 5 nitrogen and oxygen atoms in total. The van der Waals surface area contributed by atoms with E-state index in [4.69, 9.17) is 12.2 Å². The van der Waals surface area contributed by atoms with Gasteiger partial charge in [0.25, 0.3) is 5.91 Å². The molecule has 20 heavy (non-hydrogen) atoms. The van der Waals surface area contributed by atoms with E-state index in [1.807, 2.05) is 24.6 Å². The molecule has 2 N–H and O–H groups in total. The molecular weight excluding hydrogens is 272 g/mol. The minimum atomic E-state index is -0.139. The van der Waals surface area contributed by atoms with Gasteiger partial charge in [-0.2, -0.15) is 5.10 Å². The molecule has 1 amide bonds. The van der Waals surface area contributed by atoms with Crippen LogP contribution in [0.5, 0.6) is 0 Å². The van der Waals surface area contributed by atoms with Gasteiger partial charge in [0.15, 0.2) is 0 Å². The highest BCUT2D eigenvalue weighted by Crippen LogP contribution is 2.03. The first-order chi connectivity index (χ1) is 9.58. The Bertz CT molecular complexity index is 659. The molecular formula is C14H18N4OS. The van der Waals surface area contributed by atoms with Crippen LogP contribution in [0, 0.1) is 18.5 Å². The summed E-state index contributed by atoms with van der Waals surface area (Å²) in [7, 11) is 0. The second-order valence-corrected chi connectivity index (χ2v) is 5.08. The summed E-state index contributed by atoms with van der Waals surface area (Å²) in [5.74, 6) is -0.139. The topological polar surface area (TPSA) is 62.7 Å². The van der Waals surface area contributed by atoms with Gasteiger partial charge in [0.2, 0.25) is 0 Å². The first-order valence-corrected chi connectivity index (χ1v) is 6.95. The molecule has 0 bridgehead atoms. The number of carbonyl (C=O) groups is 1. The van der Waals surface area contributed by atoms with E-state index in [1.165, 1.54) is 0 Å². The van der Waals surface area contributed by atoms with E-state index in [1.54, 1.807) is 18.3 Å². The summed E-state index contributed by atoms with van der Waals surface area (Å²) in [6.07, 6.45) is 2.54. The summed E-state index contributed by atoms with van der Waals surface area (Å²) < 4.78 is 2.42. The molecule has 106 valence electrons. The van der Waals surface area contributed by atoms with Crippen molar-refractivity contribution in [2.24, 2.45) is 0 Å². The Morgan fingerprint density at radius 3 is 2.95 bits per heavy atom. The second kappa shape index (κ2) is 6.47. The van der Waals surface area contributed by atoms with Crippen molar-refractivity contribution >= 4 is 18.1 Å². The van der Waals surface area contributed by atoms with Crippen molar-refractivity contribution < 1.29 is 4.79 Å². The fourth-order valence-corrected chi connectivity index (χ4v) is 2.26. The molecule has 0 fully saturated rings. The van der Waals surface area contributed by atoms with E-state index in [-0.39, 0.29) is 5.91 Å². The number of nitrogens with one attached hydrogen (secondary N) is 2. The number of hydrogen-bond acceptors (Lipinski definition) is 3. The maximum Gasteiger partial charge on any atom is 0.254 e. The summed E-state index contributed by atoms with van der Waals surface area (Å²) in [4.78, 5) is 14.8. The van der Waals surface area contributed by atoms with Crippen LogP contribution in [0.25, 0.3) is 0 Å². The summed E-state index contributed by atoms with van der Waals surface area (Å²) in [5.41, 5.74) is 2.66. The van der Waals surface area contributed by atoms with E-state index in [0.29, 0.717) is 16.7 Å². The normalized spacial score (nSPS) is 10.5. The van der Waals surface area contributed by atoms with E-state index in [9.17, 15) is 4.79 Å². The Morgan fingerprint density at radius 2 is 2.30 bits per heavy atom. The first-order valence-electron chi connectivity index (χ1n) is 6.55. The summed E-state index contributed by atoms with van der Waals surface area (Å²) in [6, 6.07) is 5.53. The quantitative estimate of drug-likeness (QED) is 0.656. The molecule has 0 saturated carbocycles. The van der Waals surface area contributed by atoms with Gasteiger partial charge < -0.3 is 10.3 Å². The van der Waals surface area contributed by atoms with Crippen molar-refractivity contribution in [2.45, 2.75) is 26.8 Å². The highest BCUT2D eigenvalue weighted by Gasteiger charge is 2.06. The third-order valence-corrected chi connectivity index (χ3v) is 3.34. The number of pyridine rings is 1. The van der Waals surface area contributed by atoms with Gasteiger partial charge in [0.05, 0.1) is 11.3 Å². The van der Waals surface area contributed by atoms with Crippen LogP contribution in [0.15, 0.2) is 24.4 Å². The number of aromatic nitrogens is 3. The van der Waals surface area contributed by atoms with Crippen molar-refractivity contribution in [3.05, 3.63) is 46.0 Å². The van der Waals surface area contributed by atoms with Gasteiger partial charge in [-0.05, 0) is 38.5 Å². The Labute approximate surface area is 123 Å². The van der Waals surface area contributed by atoms with E-state index < -0.39 is 0 Å². The van der Waals surface area contributed by atoms with Crippen molar-refractivity contribution in [1.29, 1.82) is 0 Å².